The van der Waals surface area contributed by atoms with E-state index in [0.29, 0.717) is 0 Å². The quantitative estimate of drug-likeness (QED) is 0.231. The molecule has 33 heavy (non-hydrogen) atoms. The summed E-state index contributed by atoms with van der Waals surface area (Å²) in [6.45, 7) is 10.9. The molecule has 0 aliphatic rings. The van der Waals surface area contributed by atoms with E-state index in [-0.39, 0.29) is 0 Å². The maximum absolute atomic E-state index is 4.52. The van der Waals surface area contributed by atoms with E-state index in [0.717, 1.165) is 29.8 Å². The van der Waals surface area contributed by atoms with Crippen molar-refractivity contribution in [3.05, 3.63) is 150 Å². The molecular formula is C32H33N. The molecule has 166 valence electrons. The van der Waals surface area contributed by atoms with Crippen LogP contribution < -0.4 is 5.32 Å². The lowest BCUT2D eigenvalue weighted by Gasteiger charge is -2.19. The first-order valence-electron chi connectivity index (χ1n) is 11.6. The molecule has 4 rings (SSSR count). The average Bonchev–Trinajstić information content (AvgIpc) is 2.90. The Morgan fingerprint density at radius 1 is 0.515 bits per heavy atom. The fourth-order valence-electron chi connectivity index (χ4n) is 3.77. The molecule has 0 atom stereocenters. The van der Waals surface area contributed by atoms with Crippen LogP contribution in [0, 0.1) is 0 Å². The van der Waals surface area contributed by atoms with Gasteiger partial charge in [-0.05, 0) is 52.1 Å². The molecule has 1 nitrogen and oxygen atoms in total. The first-order valence-corrected chi connectivity index (χ1v) is 11.6. The molecule has 1 N–H and O–H groups in total. The van der Waals surface area contributed by atoms with Crippen molar-refractivity contribution < 1.29 is 0 Å². The lowest BCUT2D eigenvalue weighted by atomic mass is 9.84. The molecule has 0 bridgehead atoms. The highest BCUT2D eigenvalue weighted by molar-refractivity contribution is 6.17. The predicted octanol–water partition coefficient (Wildman–Crippen LogP) is 7.97. The summed E-state index contributed by atoms with van der Waals surface area (Å²) in [5.74, 6) is 0. The van der Waals surface area contributed by atoms with Gasteiger partial charge in [0.25, 0.3) is 0 Å². The first kappa shape index (κ1) is 24.0. The minimum absolute atomic E-state index is 1.02. The van der Waals surface area contributed by atoms with Crippen molar-refractivity contribution in [3.8, 4) is 0 Å². The van der Waals surface area contributed by atoms with Gasteiger partial charge in [-0.15, -0.1) is 0 Å². The number of nitrogens with one attached hydrogen (secondary N) is 1. The minimum Gasteiger partial charge on any atom is -0.317 e. The van der Waals surface area contributed by atoms with Gasteiger partial charge in [0.05, 0.1) is 0 Å². The Kier molecular flexibility index (Phi) is 9.45. The van der Waals surface area contributed by atoms with Crippen LogP contribution in [0.3, 0.4) is 0 Å². The second-order valence-electron chi connectivity index (χ2n) is 7.65. The van der Waals surface area contributed by atoms with Crippen molar-refractivity contribution in [3.63, 3.8) is 0 Å². The molecule has 0 heterocycles. The van der Waals surface area contributed by atoms with Gasteiger partial charge in [0.15, 0.2) is 0 Å². The highest BCUT2D eigenvalue weighted by atomic mass is 14.8. The van der Waals surface area contributed by atoms with Crippen LogP contribution in [0.15, 0.2) is 128 Å². The molecule has 0 radical (unpaired) electrons. The van der Waals surface area contributed by atoms with Crippen LogP contribution >= 0.6 is 0 Å². The van der Waals surface area contributed by atoms with Crippen LogP contribution in [0.4, 0.5) is 0 Å². The zero-order chi connectivity index (χ0) is 23.3. The van der Waals surface area contributed by atoms with E-state index < -0.39 is 0 Å². The van der Waals surface area contributed by atoms with Crippen molar-refractivity contribution in [2.45, 2.75) is 13.8 Å². The highest BCUT2D eigenvalue weighted by Gasteiger charge is 2.17. The maximum Gasteiger partial charge on any atom is -0.00268 e. The maximum atomic E-state index is 4.52. The number of allylic oxidation sites excluding steroid dienone is 2. The van der Waals surface area contributed by atoms with Gasteiger partial charge in [-0.25, -0.2) is 0 Å². The average molecular weight is 432 g/mol. The monoisotopic (exact) mass is 431 g/mol. The summed E-state index contributed by atoms with van der Waals surface area (Å²) < 4.78 is 0. The zero-order valence-electron chi connectivity index (χ0n) is 19.7. The van der Waals surface area contributed by atoms with E-state index in [4.69, 9.17) is 0 Å². The third kappa shape index (κ3) is 6.65. The molecule has 0 saturated carbocycles. The van der Waals surface area contributed by atoms with Crippen LogP contribution in [-0.2, 0) is 0 Å². The van der Waals surface area contributed by atoms with Gasteiger partial charge < -0.3 is 5.32 Å². The summed E-state index contributed by atoms with van der Waals surface area (Å²) in [5.41, 5.74) is 8.04. The van der Waals surface area contributed by atoms with E-state index >= 15 is 0 Å². The first-order chi connectivity index (χ1) is 16.3. The molecule has 0 aromatic heterocycles. The molecule has 0 unspecified atom stereocenters. The molecule has 0 saturated heterocycles. The number of benzene rings is 4. The molecule has 0 spiro atoms. The molecule has 0 fully saturated rings. The molecule has 0 aliphatic heterocycles. The Hall–Kier alpha value is -3.68. The van der Waals surface area contributed by atoms with Gasteiger partial charge in [-0.3, -0.25) is 0 Å². The second kappa shape index (κ2) is 13.0. The van der Waals surface area contributed by atoms with Crippen LogP contribution in [0.25, 0.3) is 16.7 Å². The zero-order valence-corrected chi connectivity index (χ0v) is 19.7. The van der Waals surface area contributed by atoms with Gasteiger partial charge >= 0.3 is 0 Å². The molecule has 0 aliphatic carbocycles. The fraction of sp³-hybridized carbons (Fsp3) is 0.125. The van der Waals surface area contributed by atoms with Crippen LogP contribution in [-0.4, -0.2) is 13.1 Å². The lowest BCUT2D eigenvalue weighted by molar-refractivity contribution is 0.762. The topological polar surface area (TPSA) is 12.0 Å². The number of hydrogen-bond donors (Lipinski definition) is 1. The Balaban J connectivity index is 0.000000555. The third-order valence-electron chi connectivity index (χ3n) is 5.36. The van der Waals surface area contributed by atoms with E-state index in [1.165, 1.54) is 22.3 Å². The summed E-state index contributed by atoms with van der Waals surface area (Å²) in [5, 5.41) is 3.11. The van der Waals surface area contributed by atoms with Gasteiger partial charge in [-0.1, -0.05) is 142 Å². The van der Waals surface area contributed by atoms with Crippen molar-refractivity contribution in [1.82, 2.24) is 5.32 Å². The van der Waals surface area contributed by atoms with Crippen molar-refractivity contribution in [2.75, 3.05) is 13.1 Å². The van der Waals surface area contributed by atoms with Crippen molar-refractivity contribution in [1.29, 1.82) is 0 Å². The third-order valence-corrected chi connectivity index (χ3v) is 5.36. The Labute approximate surface area is 199 Å². The van der Waals surface area contributed by atoms with Gasteiger partial charge in [-0.2, -0.15) is 0 Å². The molecular weight excluding hydrogens is 398 g/mol. The van der Waals surface area contributed by atoms with Crippen molar-refractivity contribution >= 4 is 16.7 Å². The predicted molar refractivity (Wildman–Crippen MR) is 145 cm³/mol. The van der Waals surface area contributed by atoms with Crippen LogP contribution in [0.1, 0.15) is 36.1 Å². The molecule has 4 aromatic carbocycles. The van der Waals surface area contributed by atoms with E-state index in [1.807, 2.05) is 6.07 Å². The standard InChI is InChI=1S/C28H22.C4H11N/c1-22(23-14-6-2-7-15-23)27(24-16-8-3-9-17-24)28(25-18-10-4-11-19-25)26-20-12-5-13-21-26;1-3-5-4-2/h2-21H,1H2;5H,3-4H2,1-2H3. The Morgan fingerprint density at radius 3 is 1.18 bits per heavy atom. The van der Waals surface area contributed by atoms with E-state index in [9.17, 15) is 0 Å². The van der Waals surface area contributed by atoms with Gasteiger partial charge in [0.2, 0.25) is 0 Å². The summed E-state index contributed by atoms with van der Waals surface area (Å²) >= 11 is 0. The molecule has 0 amide bonds. The van der Waals surface area contributed by atoms with Gasteiger partial charge in [0.1, 0.15) is 0 Å². The van der Waals surface area contributed by atoms with E-state index in [1.54, 1.807) is 0 Å². The molecule has 4 aromatic rings. The number of hydrogen-bond acceptors (Lipinski definition) is 1. The summed E-state index contributed by atoms with van der Waals surface area (Å²) in [4.78, 5) is 0. The highest BCUT2D eigenvalue weighted by Crippen LogP contribution is 2.39. The summed E-state index contributed by atoms with van der Waals surface area (Å²) in [7, 11) is 0. The summed E-state index contributed by atoms with van der Waals surface area (Å²) in [6.07, 6.45) is 0. The normalized spacial score (nSPS) is 10.0. The Morgan fingerprint density at radius 2 is 0.848 bits per heavy atom. The molecule has 1 heteroatoms. The van der Waals surface area contributed by atoms with Crippen molar-refractivity contribution in [2.24, 2.45) is 0 Å². The SMILES string of the molecule is C=C(C(=C(c1ccccc1)c1ccccc1)c1ccccc1)c1ccccc1.CCNCC. The smallest absolute Gasteiger partial charge is 0.00268 e. The fourth-order valence-corrected chi connectivity index (χ4v) is 3.77. The lowest BCUT2D eigenvalue weighted by Crippen LogP contribution is -2.09. The Bertz CT molecular complexity index is 1080. The second-order valence-corrected chi connectivity index (χ2v) is 7.65. The van der Waals surface area contributed by atoms with Crippen LogP contribution in [0.5, 0.6) is 0 Å². The van der Waals surface area contributed by atoms with Gasteiger partial charge in [0, 0.05) is 0 Å². The summed E-state index contributed by atoms with van der Waals surface area (Å²) in [6, 6.07) is 42.1. The van der Waals surface area contributed by atoms with E-state index in [2.05, 4.69) is 141 Å². The number of rotatable bonds is 7. The largest absolute Gasteiger partial charge is 0.317 e. The van der Waals surface area contributed by atoms with Crippen LogP contribution in [0.2, 0.25) is 0 Å². The minimum atomic E-state index is 1.02.